The third-order valence-corrected chi connectivity index (χ3v) is 4.50. The van der Waals surface area contributed by atoms with Crippen LogP contribution < -0.4 is 4.74 Å². The van der Waals surface area contributed by atoms with Gasteiger partial charge in [0.2, 0.25) is 0 Å². The van der Waals surface area contributed by atoms with Gasteiger partial charge in [-0.05, 0) is 55.9 Å². The number of ether oxygens (including phenoxy) is 1. The van der Waals surface area contributed by atoms with Gasteiger partial charge in [0, 0.05) is 4.90 Å². The summed E-state index contributed by atoms with van der Waals surface area (Å²) in [5, 5.41) is 0. The molecule has 1 saturated carbocycles. The van der Waals surface area contributed by atoms with Crippen LogP contribution in [0.15, 0.2) is 29.2 Å². The number of benzene rings is 1. The van der Waals surface area contributed by atoms with Gasteiger partial charge in [0.1, 0.15) is 5.75 Å². The maximum absolute atomic E-state index is 12.1. The zero-order valence-corrected chi connectivity index (χ0v) is 13.1. The number of rotatable bonds is 5. The van der Waals surface area contributed by atoms with Gasteiger partial charge in [0.05, 0.1) is 5.92 Å². The fourth-order valence-electron chi connectivity index (χ4n) is 2.89. The number of hydrogen-bond donors (Lipinski definition) is 1. The van der Waals surface area contributed by atoms with E-state index < -0.39 is 0 Å². The van der Waals surface area contributed by atoms with Crippen molar-refractivity contribution >= 4 is 18.6 Å². The first-order chi connectivity index (χ1) is 9.69. The first-order valence-electron chi connectivity index (χ1n) is 7.69. The van der Waals surface area contributed by atoms with Crippen LogP contribution in [0.2, 0.25) is 0 Å². The minimum atomic E-state index is -0.0640. The highest BCUT2D eigenvalue weighted by atomic mass is 32.1. The molecule has 0 spiro atoms. The normalized spacial score (nSPS) is 22.5. The highest BCUT2D eigenvalue weighted by molar-refractivity contribution is 7.80. The molecule has 0 heterocycles. The van der Waals surface area contributed by atoms with Gasteiger partial charge in [-0.3, -0.25) is 4.79 Å². The largest absolute Gasteiger partial charge is 0.426 e. The van der Waals surface area contributed by atoms with Crippen molar-refractivity contribution in [2.45, 2.75) is 56.8 Å². The minimum Gasteiger partial charge on any atom is -0.426 e. The zero-order valence-electron chi connectivity index (χ0n) is 12.2. The van der Waals surface area contributed by atoms with E-state index in [1.165, 1.54) is 32.1 Å². The molecule has 0 unspecified atom stereocenters. The van der Waals surface area contributed by atoms with Crippen molar-refractivity contribution in [1.29, 1.82) is 0 Å². The van der Waals surface area contributed by atoms with Crippen LogP contribution >= 0.6 is 12.6 Å². The topological polar surface area (TPSA) is 26.3 Å². The van der Waals surface area contributed by atoms with Crippen LogP contribution in [-0.2, 0) is 4.79 Å². The maximum atomic E-state index is 12.1. The molecule has 3 heteroatoms. The lowest BCUT2D eigenvalue weighted by Gasteiger charge is -2.27. The summed E-state index contributed by atoms with van der Waals surface area (Å²) in [6.45, 7) is 2.24. The molecule has 0 amide bonds. The Bertz CT molecular complexity index is 419. The van der Waals surface area contributed by atoms with Crippen LogP contribution in [-0.4, -0.2) is 5.97 Å². The highest BCUT2D eigenvalue weighted by Crippen LogP contribution is 2.32. The van der Waals surface area contributed by atoms with Gasteiger partial charge in [-0.15, -0.1) is 12.6 Å². The predicted octanol–water partition coefficient (Wildman–Crippen LogP) is 4.88. The predicted molar refractivity (Wildman–Crippen MR) is 84.3 cm³/mol. The second-order valence-corrected chi connectivity index (χ2v) is 6.29. The summed E-state index contributed by atoms with van der Waals surface area (Å²) >= 11 is 4.22. The first kappa shape index (κ1) is 15.4. The average molecular weight is 292 g/mol. The van der Waals surface area contributed by atoms with Crippen molar-refractivity contribution in [1.82, 2.24) is 0 Å². The Hall–Kier alpha value is -0.960. The molecular formula is C17H24O2S. The van der Waals surface area contributed by atoms with Crippen molar-refractivity contribution in [3.8, 4) is 5.75 Å². The Morgan fingerprint density at radius 2 is 1.85 bits per heavy atom. The molecular weight excluding hydrogens is 268 g/mol. The molecule has 0 aromatic heterocycles. The summed E-state index contributed by atoms with van der Waals surface area (Å²) in [6.07, 6.45) is 8.22. The molecule has 2 nitrogen and oxygen atoms in total. The number of unbranched alkanes of at least 4 members (excludes halogenated alkanes) is 1. The molecule has 0 N–H and O–H groups in total. The van der Waals surface area contributed by atoms with Crippen molar-refractivity contribution in [2.75, 3.05) is 0 Å². The van der Waals surface area contributed by atoms with Gasteiger partial charge in [-0.25, -0.2) is 0 Å². The number of carbonyl (C=O) groups is 1. The van der Waals surface area contributed by atoms with Gasteiger partial charge >= 0.3 is 5.97 Å². The SMILES string of the molecule is CCCCC1CCC(C(=O)Oc2ccc(S)cc2)CC1. The standard InChI is InChI=1S/C17H24O2S/c1-2-3-4-13-5-7-14(8-6-13)17(18)19-15-9-11-16(20)12-10-15/h9-14,20H,2-8H2,1H3. The van der Waals surface area contributed by atoms with Crippen molar-refractivity contribution in [2.24, 2.45) is 11.8 Å². The molecule has 0 saturated heterocycles. The van der Waals surface area contributed by atoms with Crippen molar-refractivity contribution in [3.63, 3.8) is 0 Å². The van der Waals surface area contributed by atoms with E-state index in [4.69, 9.17) is 4.74 Å². The summed E-state index contributed by atoms with van der Waals surface area (Å²) in [4.78, 5) is 13.0. The number of hydrogen-bond acceptors (Lipinski definition) is 3. The smallest absolute Gasteiger partial charge is 0.314 e. The third kappa shape index (κ3) is 4.55. The van der Waals surface area contributed by atoms with E-state index >= 15 is 0 Å². The lowest BCUT2D eigenvalue weighted by molar-refractivity contribution is -0.140. The van der Waals surface area contributed by atoms with Crippen LogP contribution in [0.3, 0.4) is 0 Å². The first-order valence-corrected chi connectivity index (χ1v) is 8.14. The van der Waals surface area contributed by atoms with E-state index in [-0.39, 0.29) is 11.9 Å². The summed E-state index contributed by atoms with van der Waals surface area (Å²) in [5.41, 5.74) is 0. The molecule has 0 atom stereocenters. The van der Waals surface area contributed by atoms with Gasteiger partial charge in [-0.2, -0.15) is 0 Å². The maximum Gasteiger partial charge on any atom is 0.314 e. The van der Waals surface area contributed by atoms with Crippen LogP contribution in [0.1, 0.15) is 51.9 Å². The summed E-state index contributed by atoms with van der Waals surface area (Å²) in [7, 11) is 0. The van der Waals surface area contributed by atoms with Crippen LogP contribution in [0, 0.1) is 11.8 Å². The Morgan fingerprint density at radius 1 is 1.20 bits per heavy atom. The number of thiol groups is 1. The van der Waals surface area contributed by atoms with E-state index in [2.05, 4.69) is 19.6 Å². The Labute approximate surface area is 127 Å². The molecule has 0 bridgehead atoms. The van der Waals surface area contributed by atoms with Crippen molar-refractivity contribution in [3.05, 3.63) is 24.3 Å². The Morgan fingerprint density at radius 3 is 2.45 bits per heavy atom. The zero-order chi connectivity index (χ0) is 14.4. The summed E-state index contributed by atoms with van der Waals surface area (Å²) in [5.74, 6) is 1.47. The minimum absolute atomic E-state index is 0.0640. The molecule has 2 rings (SSSR count). The lowest BCUT2D eigenvalue weighted by atomic mass is 9.80. The van der Waals surface area contributed by atoms with E-state index in [0.717, 1.165) is 23.7 Å². The molecule has 20 heavy (non-hydrogen) atoms. The van der Waals surface area contributed by atoms with E-state index in [9.17, 15) is 4.79 Å². The molecule has 0 radical (unpaired) electrons. The number of esters is 1. The summed E-state index contributed by atoms with van der Waals surface area (Å²) in [6, 6.07) is 7.28. The molecule has 1 aromatic carbocycles. The average Bonchev–Trinajstić information content (AvgIpc) is 2.48. The molecule has 0 aliphatic heterocycles. The van der Waals surface area contributed by atoms with E-state index in [1.54, 1.807) is 12.1 Å². The molecule has 1 aliphatic carbocycles. The van der Waals surface area contributed by atoms with Crippen molar-refractivity contribution < 1.29 is 9.53 Å². The second kappa shape index (κ2) is 7.72. The van der Waals surface area contributed by atoms with Crippen LogP contribution in [0.25, 0.3) is 0 Å². The van der Waals surface area contributed by atoms with Crippen LogP contribution in [0.5, 0.6) is 5.75 Å². The van der Waals surface area contributed by atoms with E-state index in [1.807, 2.05) is 12.1 Å². The third-order valence-electron chi connectivity index (χ3n) is 4.20. The van der Waals surface area contributed by atoms with E-state index in [0.29, 0.717) is 5.75 Å². The molecule has 110 valence electrons. The fraction of sp³-hybridized carbons (Fsp3) is 0.588. The molecule has 1 fully saturated rings. The van der Waals surface area contributed by atoms with Gasteiger partial charge < -0.3 is 4.74 Å². The summed E-state index contributed by atoms with van der Waals surface area (Å²) < 4.78 is 5.45. The second-order valence-electron chi connectivity index (χ2n) is 5.77. The Balaban J connectivity index is 1.78. The number of carbonyl (C=O) groups excluding carboxylic acids is 1. The highest BCUT2D eigenvalue weighted by Gasteiger charge is 2.27. The van der Waals surface area contributed by atoms with Gasteiger partial charge in [0.15, 0.2) is 0 Å². The molecule has 1 aromatic rings. The quantitative estimate of drug-likeness (QED) is 0.476. The Kier molecular flexibility index (Phi) is 5.96. The monoisotopic (exact) mass is 292 g/mol. The molecule has 1 aliphatic rings. The fourth-order valence-corrected chi connectivity index (χ4v) is 3.04. The van der Waals surface area contributed by atoms with Gasteiger partial charge in [0.25, 0.3) is 0 Å². The van der Waals surface area contributed by atoms with Gasteiger partial charge in [-0.1, -0.05) is 26.2 Å². The lowest BCUT2D eigenvalue weighted by Crippen LogP contribution is -2.25. The van der Waals surface area contributed by atoms with Crippen LogP contribution in [0.4, 0.5) is 0 Å².